The fourth-order valence-electron chi connectivity index (χ4n) is 2.12. The smallest absolute Gasteiger partial charge is 0.330 e. The van der Waals surface area contributed by atoms with E-state index in [4.69, 9.17) is 5.73 Å². The third-order valence-electron chi connectivity index (χ3n) is 3.28. The highest BCUT2D eigenvalue weighted by Gasteiger charge is 2.30. The van der Waals surface area contributed by atoms with Crippen molar-refractivity contribution in [3.8, 4) is 0 Å². The van der Waals surface area contributed by atoms with Crippen LogP contribution in [0, 0.1) is 10.1 Å². The number of benzene rings is 2. The Morgan fingerprint density at radius 3 is 2.54 bits per heavy atom. The minimum absolute atomic E-state index is 0.119. The van der Waals surface area contributed by atoms with E-state index >= 15 is 0 Å². The number of nitro benzene ring substituents is 1. The first-order chi connectivity index (χ1) is 11.3. The van der Waals surface area contributed by atoms with Gasteiger partial charge >= 0.3 is 6.18 Å². The molecule has 2 aromatic rings. The van der Waals surface area contributed by atoms with Gasteiger partial charge in [0.1, 0.15) is 0 Å². The van der Waals surface area contributed by atoms with Crippen LogP contribution in [0.4, 0.5) is 18.9 Å². The Morgan fingerprint density at radius 1 is 1.17 bits per heavy atom. The Labute approximate surface area is 141 Å². The Morgan fingerprint density at radius 2 is 1.92 bits per heavy atom. The summed E-state index contributed by atoms with van der Waals surface area (Å²) in [5.41, 5.74) is 5.30. The maximum absolute atomic E-state index is 12.8. The van der Waals surface area contributed by atoms with Crippen molar-refractivity contribution in [3.63, 3.8) is 0 Å². The maximum atomic E-state index is 12.8. The summed E-state index contributed by atoms with van der Waals surface area (Å²) in [5.74, 6) is 0. The Hall–Kier alpha value is -2.06. The predicted octanol–water partition coefficient (Wildman–Crippen LogP) is 4.66. The number of hydrogen-bond acceptors (Lipinski definition) is 4. The predicted molar refractivity (Wildman–Crippen MR) is 86.0 cm³/mol. The number of rotatable bonds is 6. The normalized spacial score (nSPS) is 11.5. The van der Waals surface area contributed by atoms with Crippen LogP contribution in [0.2, 0.25) is 0 Å². The topological polar surface area (TPSA) is 69.2 Å². The lowest BCUT2D eigenvalue weighted by Gasteiger charge is -2.09. The highest BCUT2D eigenvalue weighted by atomic mass is 32.2. The van der Waals surface area contributed by atoms with Gasteiger partial charge in [0.2, 0.25) is 0 Å². The summed E-state index contributed by atoms with van der Waals surface area (Å²) in [6, 6.07) is 9.48. The highest BCUT2D eigenvalue weighted by Crippen LogP contribution is 2.38. The third-order valence-corrected chi connectivity index (χ3v) is 4.33. The molecule has 8 heteroatoms. The molecule has 0 fully saturated rings. The molecule has 2 aromatic carbocycles. The number of nitrogens with zero attached hydrogens (tertiary/aromatic N) is 1. The molecular weight excluding hydrogens is 341 g/mol. The number of halogens is 3. The molecule has 0 spiro atoms. The first-order valence-corrected chi connectivity index (χ1v) is 7.95. The molecule has 2 rings (SSSR count). The monoisotopic (exact) mass is 356 g/mol. The Kier molecular flexibility index (Phi) is 5.84. The van der Waals surface area contributed by atoms with Crippen LogP contribution in [0.1, 0.15) is 17.5 Å². The zero-order valence-electron chi connectivity index (χ0n) is 12.5. The van der Waals surface area contributed by atoms with Crippen molar-refractivity contribution >= 4 is 17.4 Å². The summed E-state index contributed by atoms with van der Waals surface area (Å²) in [4.78, 5) is 11.3. The zero-order valence-corrected chi connectivity index (χ0v) is 13.4. The molecule has 0 aliphatic heterocycles. The van der Waals surface area contributed by atoms with Gasteiger partial charge in [0.05, 0.1) is 15.4 Å². The molecular formula is C16H15F3N2O2S. The van der Waals surface area contributed by atoms with Gasteiger partial charge in [0.15, 0.2) is 0 Å². The van der Waals surface area contributed by atoms with E-state index in [0.29, 0.717) is 29.2 Å². The quantitative estimate of drug-likeness (QED) is 0.604. The largest absolute Gasteiger partial charge is 0.416 e. The number of hydrogen-bond donors (Lipinski definition) is 1. The van der Waals surface area contributed by atoms with Crippen LogP contribution in [0.25, 0.3) is 0 Å². The van der Waals surface area contributed by atoms with Gasteiger partial charge in [-0.1, -0.05) is 23.9 Å². The van der Waals surface area contributed by atoms with E-state index in [2.05, 4.69) is 0 Å². The lowest BCUT2D eigenvalue weighted by Crippen LogP contribution is -2.04. The van der Waals surface area contributed by atoms with Gasteiger partial charge in [-0.15, -0.1) is 0 Å². The van der Waals surface area contributed by atoms with Crippen molar-refractivity contribution in [2.45, 2.75) is 28.8 Å². The molecule has 0 atom stereocenters. The van der Waals surface area contributed by atoms with Crippen LogP contribution in [-0.4, -0.2) is 11.5 Å². The van der Waals surface area contributed by atoms with Crippen LogP contribution >= 0.6 is 11.8 Å². The molecule has 0 amide bonds. The molecule has 0 aliphatic rings. The second-order valence-corrected chi connectivity index (χ2v) is 6.19. The van der Waals surface area contributed by atoms with Crippen LogP contribution in [0.3, 0.4) is 0 Å². The van der Waals surface area contributed by atoms with Crippen LogP contribution in [0.15, 0.2) is 52.3 Å². The molecule has 128 valence electrons. The molecule has 0 bridgehead atoms. The standard InChI is InChI=1S/C16H15F3N2O2S/c17-16(18,19)12-4-1-5-13(10-12)24-15-7-6-11(3-2-8-20)9-14(15)21(22)23/h1,4-7,9-10H,2-3,8,20H2. The fraction of sp³-hybridized carbons (Fsp3) is 0.250. The lowest BCUT2D eigenvalue weighted by molar-refractivity contribution is -0.387. The summed E-state index contributed by atoms with van der Waals surface area (Å²) < 4.78 is 38.3. The van der Waals surface area contributed by atoms with Crippen LogP contribution in [0.5, 0.6) is 0 Å². The van der Waals surface area contributed by atoms with E-state index in [1.54, 1.807) is 12.1 Å². The van der Waals surface area contributed by atoms with Gasteiger partial charge in [-0.25, -0.2) is 0 Å². The molecule has 0 aromatic heterocycles. The SMILES string of the molecule is NCCCc1ccc(Sc2cccc(C(F)(F)F)c2)c([N+](=O)[O-])c1. The molecule has 0 heterocycles. The Bertz CT molecular complexity index is 736. The molecule has 2 N–H and O–H groups in total. The number of nitro groups is 1. The summed E-state index contributed by atoms with van der Waals surface area (Å²) in [7, 11) is 0. The van der Waals surface area contributed by atoms with Gasteiger partial charge in [-0.3, -0.25) is 10.1 Å². The minimum Gasteiger partial charge on any atom is -0.330 e. The van der Waals surface area contributed by atoms with Gasteiger partial charge in [0.25, 0.3) is 5.69 Å². The Balaban J connectivity index is 2.30. The first-order valence-electron chi connectivity index (χ1n) is 7.14. The maximum Gasteiger partial charge on any atom is 0.416 e. The molecule has 4 nitrogen and oxygen atoms in total. The van der Waals surface area contributed by atoms with E-state index in [9.17, 15) is 23.3 Å². The fourth-order valence-corrected chi connectivity index (χ4v) is 3.08. The zero-order chi connectivity index (χ0) is 17.7. The molecule has 0 aliphatic carbocycles. The van der Waals surface area contributed by atoms with Crippen molar-refractivity contribution in [1.29, 1.82) is 0 Å². The van der Waals surface area contributed by atoms with Crippen molar-refractivity contribution in [1.82, 2.24) is 0 Å². The van der Waals surface area contributed by atoms with Crippen molar-refractivity contribution in [2.75, 3.05) is 6.54 Å². The van der Waals surface area contributed by atoms with Gasteiger partial charge in [0, 0.05) is 11.0 Å². The average molecular weight is 356 g/mol. The van der Waals surface area contributed by atoms with Crippen LogP contribution < -0.4 is 5.73 Å². The summed E-state index contributed by atoms with van der Waals surface area (Å²) >= 11 is 0.939. The average Bonchev–Trinajstić information content (AvgIpc) is 2.53. The van der Waals surface area contributed by atoms with Gasteiger partial charge in [-0.2, -0.15) is 13.2 Å². The van der Waals surface area contributed by atoms with E-state index in [1.165, 1.54) is 18.2 Å². The molecule has 0 saturated carbocycles. The number of alkyl halides is 3. The van der Waals surface area contributed by atoms with E-state index in [0.717, 1.165) is 29.5 Å². The van der Waals surface area contributed by atoms with Gasteiger partial charge < -0.3 is 5.73 Å². The molecule has 0 radical (unpaired) electrons. The molecule has 0 saturated heterocycles. The van der Waals surface area contributed by atoms with Crippen molar-refractivity contribution < 1.29 is 18.1 Å². The second kappa shape index (κ2) is 7.67. The highest BCUT2D eigenvalue weighted by molar-refractivity contribution is 7.99. The number of aryl methyl sites for hydroxylation is 1. The number of nitrogens with two attached hydrogens (primary N) is 1. The van der Waals surface area contributed by atoms with E-state index in [1.807, 2.05) is 0 Å². The van der Waals surface area contributed by atoms with E-state index in [-0.39, 0.29) is 5.69 Å². The summed E-state index contributed by atoms with van der Waals surface area (Å²) in [5, 5.41) is 11.3. The second-order valence-electron chi connectivity index (χ2n) is 5.08. The third kappa shape index (κ3) is 4.72. The van der Waals surface area contributed by atoms with Crippen LogP contribution in [-0.2, 0) is 12.6 Å². The van der Waals surface area contributed by atoms with E-state index < -0.39 is 16.7 Å². The minimum atomic E-state index is -4.45. The van der Waals surface area contributed by atoms with Gasteiger partial charge in [-0.05, 0) is 49.2 Å². The molecule has 0 unspecified atom stereocenters. The van der Waals surface area contributed by atoms with Crippen molar-refractivity contribution in [2.24, 2.45) is 5.73 Å². The lowest BCUT2D eigenvalue weighted by atomic mass is 10.1. The molecule has 24 heavy (non-hydrogen) atoms. The first kappa shape index (κ1) is 18.3. The summed E-state index contributed by atoms with van der Waals surface area (Å²) in [6.45, 7) is 0.481. The summed E-state index contributed by atoms with van der Waals surface area (Å²) in [6.07, 6.45) is -3.13. The van der Waals surface area contributed by atoms with Crippen molar-refractivity contribution in [3.05, 3.63) is 63.7 Å².